The summed E-state index contributed by atoms with van der Waals surface area (Å²) in [6, 6.07) is 4.90. The molecule has 1 aliphatic rings. The van der Waals surface area contributed by atoms with Crippen molar-refractivity contribution in [3.8, 4) is 0 Å². The maximum Gasteiger partial charge on any atom is 0.0417 e. The van der Waals surface area contributed by atoms with Gasteiger partial charge in [-0.3, -0.25) is 4.98 Å². The summed E-state index contributed by atoms with van der Waals surface area (Å²) in [5, 5.41) is 3.67. The third-order valence-corrected chi connectivity index (χ3v) is 3.63. The van der Waals surface area contributed by atoms with Gasteiger partial charge in [0, 0.05) is 24.5 Å². The molecule has 1 fully saturated rings. The SMILES string of the molecule is Cc1ncccc1CNC1CCCC(C)C1. The first kappa shape index (κ1) is 11.6. The minimum absolute atomic E-state index is 0.711. The van der Waals surface area contributed by atoms with Crippen LogP contribution < -0.4 is 5.32 Å². The Balaban J connectivity index is 1.85. The average molecular weight is 218 g/mol. The standard InChI is InChI=1S/C14H22N2/c1-11-5-3-7-14(9-11)16-10-13-6-4-8-15-12(13)2/h4,6,8,11,14,16H,3,5,7,9-10H2,1-2H3. The van der Waals surface area contributed by atoms with Gasteiger partial charge in [-0.2, -0.15) is 0 Å². The molecule has 2 heteroatoms. The highest BCUT2D eigenvalue weighted by Crippen LogP contribution is 2.23. The summed E-state index contributed by atoms with van der Waals surface area (Å²) in [4.78, 5) is 4.32. The van der Waals surface area contributed by atoms with Gasteiger partial charge in [0.1, 0.15) is 0 Å². The van der Waals surface area contributed by atoms with Gasteiger partial charge < -0.3 is 5.32 Å². The van der Waals surface area contributed by atoms with Gasteiger partial charge in [-0.1, -0.05) is 25.8 Å². The molecule has 2 unspecified atom stereocenters. The van der Waals surface area contributed by atoms with E-state index >= 15 is 0 Å². The van der Waals surface area contributed by atoms with Gasteiger partial charge in [0.25, 0.3) is 0 Å². The van der Waals surface area contributed by atoms with Gasteiger partial charge in [-0.05, 0) is 37.3 Å². The summed E-state index contributed by atoms with van der Waals surface area (Å²) in [6.07, 6.45) is 7.32. The number of pyridine rings is 1. The average Bonchev–Trinajstić information content (AvgIpc) is 2.28. The van der Waals surface area contributed by atoms with Crippen molar-refractivity contribution >= 4 is 0 Å². The second kappa shape index (κ2) is 5.44. The van der Waals surface area contributed by atoms with Crippen LogP contribution in [0.4, 0.5) is 0 Å². The summed E-state index contributed by atoms with van der Waals surface area (Å²) >= 11 is 0. The van der Waals surface area contributed by atoms with Crippen LogP contribution >= 0.6 is 0 Å². The van der Waals surface area contributed by atoms with Gasteiger partial charge in [0.05, 0.1) is 0 Å². The summed E-state index contributed by atoms with van der Waals surface area (Å²) in [5.41, 5.74) is 2.49. The Morgan fingerprint density at radius 3 is 3.06 bits per heavy atom. The van der Waals surface area contributed by atoms with Crippen molar-refractivity contribution in [2.75, 3.05) is 0 Å². The zero-order valence-corrected chi connectivity index (χ0v) is 10.4. The summed E-state index contributed by atoms with van der Waals surface area (Å²) in [6.45, 7) is 5.42. The summed E-state index contributed by atoms with van der Waals surface area (Å²) in [7, 11) is 0. The predicted molar refractivity (Wildman–Crippen MR) is 67.2 cm³/mol. The smallest absolute Gasteiger partial charge is 0.0417 e. The Morgan fingerprint density at radius 2 is 2.31 bits per heavy atom. The molecule has 1 saturated carbocycles. The molecule has 0 aliphatic heterocycles. The van der Waals surface area contributed by atoms with E-state index in [0.717, 1.165) is 18.2 Å². The van der Waals surface area contributed by atoms with Crippen LogP contribution in [0.1, 0.15) is 43.9 Å². The quantitative estimate of drug-likeness (QED) is 0.843. The number of hydrogen-bond donors (Lipinski definition) is 1. The van der Waals surface area contributed by atoms with Gasteiger partial charge >= 0.3 is 0 Å². The molecule has 16 heavy (non-hydrogen) atoms. The predicted octanol–water partition coefficient (Wildman–Crippen LogP) is 3.06. The van der Waals surface area contributed by atoms with Crippen LogP contribution in [0.25, 0.3) is 0 Å². The van der Waals surface area contributed by atoms with Crippen molar-refractivity contribution in [2.24, 2.45) is 5.92 Å². The second-order valence-electron chi connectivity index (χ2n) is 5.10. The Kier molecular flexibility index (Phi) is 3.94. The Labute approximate surface area is 98.5 Å². The molecule has 0 bridgehead atoms. The van der Waals surface area contributed by atoms with Crippen LogP contribution in [0.15, 0.2) is 18.3 Å². The largest absolute Gasteiger partial charge is 0.310 e. The summed E-state index contributed by atoms with van der Waals surface area (Å²) in [5.74, 6) is 0.890. The van der Waals surface area contributed by atoms with E-state index in [4.69, 9.17) is 0 Å². The molecule has 1 aromatic rings. The lowest BCUT2D eigenvalue weighted by Gasteiger charge is -2.27. The number of aromatic nitrogens is 1. The minimum Gasteiger partial charge on any atom is -0.310 e. The van der Waals surface area contributed by atoms with Crippen molar-refractivity contribution in [1.82, 2.24) is 10.3 Å². The number of rotatable bonds is 3. The fourth-order valence-corrected chi connectivity index (χ4v) is 2.58. The highest BCUT2D eigenvalue weighted by molar-refractivity contribution is 5.17. The monoisotopic (exact) mass is 218 g/mol. The van der Waals surface area contributed by atoms with Gasteiger partial charge in [-0.25, -0.2) is 0 Å². The number of nitrogens with one attached hydrogen (secondary N) is 1. The van der Waals surface area contributed by atoms with E-state index in [1.54, 1.807) is 0 Å². The zero-order valence-electron chi connectivity index (χ0n) is 10.4. The first-order chi connectivity index (χ1) is 7.75. The van der Waals surface area contributed by atoms with E-state index in [-0.39, 0.29) is 0 Å². The molecule has 1 N–H and O–H groups in total. The van der Waals surface area contributed by atoms with Crippen molar-refractivity contribution in [2.45, 2.75) is 52.1 Å². The van der Waals surface area contributed by atoms with E-state index in [1.165, 1.54) is 31.2 Å². The third kappa shape index (κ3) is 3.05. The molecule has 2 nitrogen and oxygen atoms in total. The molecule has 2 atom stereocenters. The highest BCUT2D eigenvalue weighted by atomic mass is 14.9. The molecule has 0 aromatic carbocycles. The normalized spacial score (nSPS) is 25.6. The lowest BCUT2D eigenvalue weighted by molar-refractivity contribution is 0.300. The highest BCUT2D eigenvalue weighted by Gasteiger charge is 2.18. The van der Waals surface area contributed by atoms with E-state index < -0.39 is 0 Å². The van der Waals surface area contributed by atoms with Gasteiger partial charge in [0.15, 0.2) is 0 Å². The van der Waals surface area contributed by atoms with Crippen molar-refractivity contribution in [3.63, 3.8) is 0 Å². The Bertz CT molecular complexity index is 335. The third-order valence-electron chi connectivity index (χ3n) is 3.63. The van der Waals surface area contributed by atoms with Gasteiger partial charge in [-0.15, -0.1) is 0 Å². The van der Waals surface area contributed by atoms with Crippen LogP contribution in [0.5, 0.6) is 0 Å². The van der Waals surface area contributed by atoms with E-state index in [0.29, 0.717) is 6.04 Å². The van der Waals surface area contributed by atoms with E-state index in [9.17, 15) is 0 Å². The number of hydrogen-bond acceptors (Lipinski definition) is 2. The van der Waals surface area contributed by atoms with Crippen LogP contribution in [-0.4, -0.2) is 11.0 Å². The second-order valence-corrected chi connectivity index (χ2v) is 5.10. The first-order valence-electron chi connectivity index (χ1n) is 6.39. The lowest BCUT2D eigenvalue weighted by Crippen LogP contribution is -2.33. The molecule has 2 rings (SSSR count). The Hall–Kier alpha value is -0.890. The van der Waals surface area contributed by atoms with Gasteiger partial charge in [0.2, 0.25) is 0 Å². The van der Waals surface area contributed by atoms with Crippen molar-refractivity contribution in [1.29, 1.82) is 0 Å². The Morgan fingerprint density at radius 1 is 1.44 bits per heavy atom. The fraction of sp³-hybridized carbons (Fsp3) is 0.643. The fourth-order valence-electron chi connectivity index (χ4n) is 2.58. The first-order valence-corrected chi connectivity index (χ1v) is 6.39. The molecular formula is C14H22N2. The van der Waals surface area contributed by atoms with Crippen LogP contribution in [0.2, 0.25) is 0 Å². The number of nitrogens with zero attached hydrogens (tertiary/aromatic N) is 1. The topological polar surface area (TPSA) is 24.9 Å². The molecule has 88 valence electrons. The maximum atomic E-state index is 4.32. The molecule has 0 saturated heterocycles. The molecule has 0 radical (unpaired) electrons. The molecule has 1 aliphatic carbocycles. The van der Waals surface area contributed by atoms with Crippen LogP contribution in [0.3, 0.4) is 0 Å². The maximum absolute atomic E-state index is 4.32. The van der Waals surface area contributed by atoms with Crippen LogP contribution in [0, 0.1) is 12.8 Å². The van der Waals surface area contributed by atoms with E-state index in [2.05, 4.69) is 30.2 Å². The molecule has 1 heterocycles. The molecule has 0 amide bonds. The number of aryl methyl sites for hydroxylation is 1. The van der Waals surface area contributed by atoms with Crippen molar-refractivity contribution in [3.05, 3.63) is 29.6 Å². The molecular weight excluding hydrogens is 196 g/mol. The van der Waals surface area contributed by atoms with E-state index in [1.807, 2.05) is 12.3 Å². The van der Waals surface area contributed by atoms with Crippen LogP contribution in [-0.2, 0) is 6.54 Å². The van der Waals surface area contributed by atoms with Crippen molar-refractivity contribution < 1.29 is 0 Å². The molecule has 0 spiro atoms. The lowest BCUT2D eigenvalue weighted by atomic mass is 9.87. The zero-order chi connectivity index (χ0) is 11.4. The minimum atomic E-state index is 0.711. The summed E-state index contributed by atoms with van der Waals surface area (Å²) < 4.78 is 0. The molecule has 1 aromatic heterocycles.